The molecule has 1 aromatic heterocycles. The number of ether oxygens (including phenoxy) is 1. The number of carbonyl (C=O) groups is 1. The summed E-state index contributed by atoms with van der Waals surface area (Å²) in [6.45, 7) is 5.53. The zero-order valence-electron chi connectivity index (χ0n) is 11.0. The lowest BCUT2D eigenvalue weighted by Crippen LogP contribution is -2.32. The van der Waals surface area contributed by atoms with Crippen LogP contribution >= 0.6 is 0 Å². The summed E-state index contributed by atoms with van der Waals surface area (Å²) < 4.78 is 10.0. The van der Waals surface area contributed by atoms with Crippen LogP contribution in [-0.2, 0) is 22.7 Å². The number of nitrogens with zero attached hydrogens (tertiary/aromatic N) is 2. The molecule has 1 rings (SSSR count). The van der Waals surface area contributed by atoms with Crippen LogP contribution in [-0.4, -0.2) is 40.8 Å². The normalized spacial score (nSPS) is 11.4. The van der Waals surface area contributed by atoms with Gasteiger partial charge in [-0.25, -0.2) is 0 Å². The van der Waals surface area contributed by atoms with Crippen molar-refractivity contribution < 1.29 is 19.2 Å². The molecule has 0 bridgehead atoms. The van der Waals surface area contributed by atoms with Gasteiger partial charge in [-0.1, -0.05) is 5.16 Å². The largest absolute Gasteiger partial charge is 0.481 e. The molecule has 0 aliphatic heterocycles. The molecule has 0 spiro atoms. The zero-order valence-corrected chi connectivity index (χ0v) is 11.0. The Labute approximate surface area is 107 Å². The Kier molecular flexibility index (Phi) is 5.80. The fourth-order valence-corrected chi connectivity index (χ4v) is 1.61. The first-order valence-corrected chi connectivity index (χ1v) is 5.92. The molecule has 1 aromatic rings. The Bertz CT molecular complexity index is 376. The number of carboxylic acids is 1. The SMILES string of the molecule is COCc1cc(CN(CCC(=O)O)C(C)C)no1. The van der Waals surface area contributed by atoms with Crippen LogP contribution in [0.25, 0.3) is 0 Å². The number of aromatic nitrogens is 1. The molecule has 0 aromatic carbocycles. The van der Waals surface area contributed by atoms with E-state index >= 15 is 0 Å². The lowest BCUT2D eigenvalue weighted by molar-refractivity contribution is -0.137. The molecule has 102 valence electrons. The molecule has 1 heterocycles. The van der Waals surface area contributed by atoms with Crippen LogP contribution in [0.1, 0.15) is 31.7 Å². The van der Waals surface area contributed by atoms with Gasteiger partial charge in [-0.15, -0.1) is 0 Å². The second kappa shape index (κ2) is 7.13. The van der Waals surface area contributed by atoms with Crippen molar-refractivity contribution in [2.24, 2.45) is 0 Å². The van der Waals surface area contributed by atoms with Crippen LogP contribution in [0.2, 0.25) is 0 Å². The van der Waals surface area contributed by atoms with Gasteiger partial charge in [0.05, 0.1) is 12.1 Å². The predicted molar refractivity (Wildman–Crippen MR) is 65.0 cm³/mol. The third-order valence-electron chi connectivity index (χ3n) is 2.60. The van der Waals surface area contributed by atoms with Crippen molar-refractivity contribution in [2.75, 3.05) is 13.7 Å². The minimum atomic E-state index is -0.791. The molecule has 6 nitrogen and oxygen atoms in total. The molecule has 0 aliphatic rings. The smallest absolute Gasteiger partial charge is 0.304 e. The van der Waals surface area contributed by atoms with Crippen molar-refractivity contribution >= 4 is 5.97 Å². The molecule has 0 saturated heterocycles. The first-order valence-electron chi connectivity index (χ1n) is 5.92. The first kappa shape index (κ1) is 14.7. The zero-order chi connectivity index (χ0) is 13.5. The topological polar surface area (TPSA) is 75.8 Å². The number of methoxy groups -OCH3 is 1. The Morgan fingerprint density at radius 2 is 2.33 bits per heavy atom. The first-order chi connectivity index (χ1) is 8.52. The van der Waals surface area contributed by atoms with E-state index < -0.39 is 5.97 Å². The molecule has 0 fully saturated rings. The maximum Gasteiger partial charge on any atom is 0.304 e. The average molecular weight is 256 g/mol. The van der Waals surface area contributed by atoms with Crippen LogP contribution in [0.5, 0.6) is 0 Å². The summed E-state index contributed by atoms with van der Waals surface area (Å²) in [5.74, 6) is -0.115. The van der Waals surface area contributed by atoms with E-state index in [0.29, 0.717) is 25.5 Å². The predicted octanol–water partition coefficient (Wildman–Crippen LogP) is 1.51. The highest BCUT2D eigenvalue weighted by molar-refractivity contribution is 5.66. The molecule has 6 heteroatoms. The summed E-state index contributed by atoms with van der Waals surface area (Å²) in [6, 6.07) is 2.09. The maximum absolute atomic E-state index is 10.6. The van der Waals surface area contributed by atoms with Gasteiger partial charge in [0.25, 0.3) is 0 Å². The Morgan fingerprint density at radius 1 is 1.61 bits per heavy atom. The third-order valence-corrected chi connectivity index (χ3v) is 2.60. The molecular weight excluding hydrogens is 236 g/mol. The Balaban J connectivity index is 2.55. The number of hydrogen-bond donors (Lipinski definition) is 1. The van der Waals surface area contributed by atoms with Crippen molar-refractivity contribution in [1.82, 2.24) is 10.1 Å². The van der Waals surface area contributed by atoms with Crippen molar-refractivity contribution in [1.29, 1.82) is 0 Å². The molecular formula is C12H20N2O4. The summed E-state index contributed by atoms with van der Waals surface area (Å²) in [6.07, 6.45) is 0.126. The summed E-state index contributed by atoms with van der Waals surface area (Å²) in [7, 11) is 1.59. The van der Waals surface area contributed by atoms with Crippen LogP contribution in [0.4, 0.5) is 0 Å². The maximum atomic E-state index is 10.6. The van der Waals surface area contributed by atoms with Gasteiger partial charge >= 0.3 is 5.97 Å². The highest BCUT2D eigenvalue weighted by atomic mass is 16.5. The van der Waals surface area contributed by atoms with E-state index in [1.807, 2.05) is 24.8 Å². The molecule has 0 atom stereocenters. The molecule has 0 radical (unpaired) electrons. The van der Waals surface area contributed by atoms with Crippen LogP contribution in [0, 0.1) is 0 Å². The lowest BCUT2D eigenvalue weighted by Gasteiger charge is -2.24. The minimum Gasteiger partial charge on any atom is -0.481 e. The average Bonchev–Trinajstić information content (AvgIpc) is 2.71. The summed E-state index contributed by atoms with van der Waals surface area (Å²) in [5.41, 5.74) is 0.793. The number of hydrogen-bond acceptors (Lipinski definition) is 5. The van der Waals surface area contributed by atoms with E-state index in [4.69, 9.17) is 14.4 Å². The van der Waals surface area contributed by atoms with Crippen molar-refractivity contribution in [2.45, 2.75) is 39.5 Å². The van der Waals surface area contributed by atoms with Gasteiger partial charge in [0.1, 0.15) is 6.61 Å². The number of rotatable bonds is 8. The fraction of sp³-hybridized carbons (Fsp3) is 0.667. The van der Waals surface area contributed by atoms with E-state index in [0.717, 1.165) is 5.69 Å². The summed E-state index contributed by atoms with van der Waals surface area (Å²) in [4.78, 5) is 12.6. The van der Waals surface area contributed by atoms with Crippen LogP contribution in [0.15, 0.2) is 10.6 Å². The quantitative estimate of drug-likeness (QED) is 0.759. The highest BCUT2D eigenvalue weighted by Crippen LogP contribution is 2.10. The molecule has 0 unspecified atom stereocenters. The lowest BCUT2D eigenvalue weighted by atomic mass is 10.2. The van der Waals surface area contributed by atoms with Crippen molar-refractivity contribution in [3.63, 3.8) is 0 Å². The fourth-order valence-electron chi connectivity index (χ4n) is 1.61. The number of carboxylic acid groups (broad SMARTS) is 1. The van der Waals surface area contributed by atoms with Gasteiger partial charge in [0.15, 0.2) is 5.76 Å². The van der Waals surface area contributed by atoms with E-state index in [2.05, 4.69) is 5.16 Å². The minimum absolute atomic E-state index is 0.126. The van der Waals surface area contributed by atoms with Gasteiger partial charge in [-0.05, 0) is 13.8 Å². The van der Waals surface area contributed by atoms with E-state index in [9.17, 15) is 4.79 Å². The van der Waals surface area contributed by atoms with Crippen LogP contribution < -0.4 is 0 Å². The summed E-state index contributed by atoms with van der Waals surface area (Å²) >= 11 is 0. The second-order valence-corrected chi connectivity index (χ2v) is 4.43. The van der Waals surface area contributed by atoms with Gasteiger partial charge in [-0.2, -0.15) is 0 Å². The van der Waals surface area contributed by atoms with Crippen molar-refractivity contribution in [3.05, 3.63) is 17.5 Å². The van der Waals surface area contributed by atoms with Crippen molar-refractivity contribution in [3.8, 4) is 0 Å². The molecule has 0 amide bonds. The van der Waals surface area contributed by atoms with E-state index in [1.165, 1.54) is 0 Å². The van der Waals surface area contributed by atoms with Gasteiger partial charge in [0, 0.05) is 32.3 Å². The third kappa shape index (κ3) is 4.85. The molecule has 18 heavy (non-hydrogen) atoms. The Morgan fingerprint density at radius 3 is 2.89 bits per heavy atom. The van der Waals surface area contributed by atoms with Crippen LogP contribution in [0.3, 0.4) is 0 Å². The van der Waals surface area contributed by atoms with E-state index in [-0.39, 0.29) is 12.5 Å². The molecule has 0 aliphatic carbocycles. The summed E-state index contributed by atoms with van der Waals surface area (Å²) in [5, 5.41) is 12.6. The Hall–Kier alpha value is -1.40. The van der Waals surface area contributed by atoms with Gasteiger partial charge in [-0.3, -0.25) is 9.69 Å². The standard InChI is InChI=1S/C12H20N2O4/c1-9(2)14(5-4-12(15)16)7-10-6-11(8-17-3)18-13-10/h6,9H,4-5,7-8H2,1-3H3,(H,15,16). The van der Waals surface area contributed by atoms with E-state index in [1.54, 1.807) is 7.11 Å². The van der Waals surface area contributed by atoms with Gasteiger partial charge < -0.3 is 14.4 Å². The second-order valence-electron chi connectivity index (χ2n) is 4.43. The number of aliphatic carboxylic acids is 1. The molecule has 0 saturated carbocycles. The molecule has 1 N–H and O–H groups in total. The van der Waals surface area contributed by atoms with Gasteiger partial charge in [0.2, 0.25) is 0 Å². The monoisotopic (exact) mass is 256 g/mol. The highest BCUT2D eigenvalue weighted by Gasteiger charge is 2.14.